The maximum atomic E-state index is 9.56. The van der Waals surface area contributed by atoms with Gasteiger partial charge < -0.3 is 30.0 Å². The van der Waals surface area contributed by atoms with Crippen LogP contribution in [0.5, 0.6) is 0 Å². The van der Waals surface area contributed by atoms with Crippen molar-refractivity contribution < 1.29 is 49.5 Å². The molecule has 0 amide bonds. The quantitative estimate of drug-likeness (QED) is 0.445. The average Bonchev–Trinajstić information content (AvgIpc) is 1.88. The van der Waals surface area contributed by atoms with Crippen molar-refractivity contribution in [2.45, 2.75) is 26.1 Å². The second kappa shape index (κ2) is 9.57. The van der Waals surface area contributed by atoms with Crippen LogP contribution in [0.3, 0.4) is 0 Å². The van der Waals surface area contributed by atoms with Crippen LogP contribution in [0.1, 0.15) is 13.8 Å². The van der Waals surface area contributed by atoms with Gasteiger partial charge in [-0.3, -0.25) is 0 Å². The van der Waals surface area contributed by atoms with Crippen molar-refractivity contribution in [3.63, 3.8) is 0 Å². The van der Waals surface area contributed by atoms with E-state index in [4.69, 9.17) is 0 Å². The van der Waals surface area contributed by atoms with Gasteiger partial charge in [-0.1, -0.05) is 26.1 Å². The van der Waals surface area contributed by atoms with Crippen LogP contribution in [-0.4, -0.2) is 24.1 Å². The van der Waals surface area contributed by atoms with Crippen LogP contribution < -0.4 is 20.4 Å². The SMILES string of the molecule is CC([O-])C(=O)[O-].CC([O-])C(=O)[O-].[Zn]. The fourth-order valence-electron chi connectivity index (χ4n) is 0. The molecule has 0 radical (unpaired) electrons. The molecule has 0 aliphatic carbocycles. The summed E-state index contributed by atoms with van der Waals surface area (Å²) in [5, 5.41) is 37.7. The number of carbonyl (C=O) groups is 2. The Morgan fingerprint density at radius 2 is 1.00 bits per heavy atom. The molecule has 74 valence electrons. The van der Waals surface area contributed by atoms with Crippen LogP contribution in [-0.2, 0) is 29.1 Å². The molecule has 0 rings (SSSR count). The van der Waals surface area contributed by atoms with Gasteiger partial charge in [0.1, 0.15) is 0 Å². The molecular formula is C6H8O6Zn-4. The van der Waals surface area contributed by atoms with E-state index < -0.39 is 24.1 Å². The first-order valence-electron chi connectivity index (χ1n) is 3.02. The van der Waals surface area contributed by atoms with E-state index in [-0.39, 0.29) is 19.5 Å². The minimum absolute atomic E-state index is 0. The summed E-state index contributed by atoms with van der Waals surface area (Å²) in [6.45, 7) is 2.05. The standard InChI is InChI=1S/2C3H5O3.Zn/c2*1-2(4)3(5)6;/h2*2H,1H3,(H,5,6);/q2*-1;/p-2. The molecule has 0 aromatic rings. The Morgan fingerprint density at radius 1 is 0.923 bits per heavy atom. The first kappa shape index (κ1) is 18.3. The minimum atomic E-state index is -1.59. The van der Waals surface area contributed by atoms with Crippen molar-refractivity contribution in [2.24, 2.45) is 0 Å². The first-order chi connectivity index (χ1) is 5.29. The summed E-state index contributed by atoms with van der Waals surface area (Å²) in [6.07, 6.45) is -3.19. The summed E-state index contributed by atoms with van der Waals surface area (Å²) < 4.78 is 0. The van der Waals surface area contributed by atoms with E-state index in [1.165, 1.54) is 0 Å². The molecule has 0 bridgehead atoms. The number of carboxylic acid groups (broad SMARTS) is 2. The van der Waals surface area contributed by atoms with Gasteiger partial charge in [-0.25, -0.2) is 0 Å². The third kappa shape index (κ3) is 18.4. The van der Waals surface area contributed by atoms with Crippen molar-refractivity contribution in [1.29, 1.82) is 0 Å². The van der Waals surface area contributed by atoms with Crippen LogP contribution >= 0.6 is 0 Å². The number of carbonyl (C=O) groups excluding carboxylic acids is 2. The Hall–Kier alpha value is -0.517. The monoisotopic (exact) mass is 240 g/mol. The van der Waals surface area contributed by atoms with Crippen molar-refractivity contribution in [1.82, 2.24) is 0 Å². The Morgan fingerprint density at radius 3 is 1.00 bits per heavy atom. The number of aliphatic carboxylic acids is 2. The largest absolute Gasteiger partial charge is 0.848 e. The van der Waals surface area contributed by atoms with Crippen LogP contribution in [0, 0.1) is 0 Å². The van der Waals surface area contributed by atoms with Gasteiger partial charge in [-0.2, -0.15) is 0 Å². The molecule has 0 spiro atoms. The summed E-state index contributed by atoms with van der Waals surface area (Å²) >= 11 is 0. The van der Waals surface area contributed by atoms with Gasteiger partial charge in [0, 0.05) is 31.4 Å². The first-order valence-corrected chi connectivity index (χ1v) is 3.02. The molecule has 6 nitrogen and oxygen atoms in total. The molecule has 0 heterocycles. The maximum absolute atomic E-state index is 9.56. The van der Waals surface area contributed by atoms with E-state index in [0.29, 0.717) is 0 Å². The van der Waals surface area contributed by atoms with E-state index in [2.05, 4.69) is 0 Å². The normalized spacial score (nSPS) is 12.6. The van der Waals surface area contributed by atoms with Crippen molar-refractivity contribution in [3.8, 4) is 0 Å². The third-order valence-corrected chi connectivity index (χ3v) is 0.664. The van der Waals surface area contributed by atoms with Gasteiger partial charge in [0.2, 0.25) is 0 Å². The number of rotatable bonds is 2. The van der Waals surface area contributed by atoms with Crippen LogP contribution in [0.25, 0.3) is 0 Å². The van der Waals surface area contributed by atoms with E-state index in [0.717, 1.165) is 13.8 Å². The predicted octanol–water partition coefficient (Wildman–Crippen LogP) is -5.03. The summed E-state index contributed by atoms with van der Waals surface area (Å²) in [4.78, 5) is 18.6. The summed E-state index contributed by atoms with van der Waals surface area (Å²) in [6, 6.07) is 0. The van der Waals surface area contributed by atoms with E-state index in [9.17, 15) is 30.0 Å². The Kier molecular flexibility index (Phi) is 13.5. The van der Waals surface area contributed by atoms with Crippen LogP contribution in [0.15, 0.2) is 0 Å². The molecule has 0 fully saturated rings. The molecule has 2 unspecified atom stereocenters. The fraction of sp³-hybridized carbons (Fsp3) is 0.667. The molecule has 0 N–H and O–H groups in total. The fourth-order valence-corrected chi connectivity index (χ4v) is 0. The second-order valence-electron chi connectivity index (χ2n) is 1.92. The summed E-state index contributed by atoms with van der Waals surface area (Å²) in [5.74, 6) is -3.09. The van der Waals surface area contributed by atoms with Gasteiger partial charge in [-0.05, 0) is 0 Å². The number of hydrogen-bond acceptors (Lipinski definition) is 6. The molecule has 0 aromatic heterocycles. The van der Waals surface area contributed by atoms with Crippen LogP contribution in [0.2, 0.25) is 0 Å². The van der Waals surface area contributed by atoms with Gasteiger partial charge in [0.25, 0.3) is 0 Å². The summed E-state index contributed by atoms with van der Waals surface area (Å²) in [5.41, 5.74) is 0. The van der Waals surface area contributed by atoms with Gasteiger partial charge in [0.05, 0.1) is 0 Å². The zero-order valence-electron chi connectivity index (χ0n) is 7.31. The smallest absolute Gasteiger partial charge is 0.0276 e. The number of hydrogen-bond donors (Lipinski definition) is 0. The molecule has 0 saturated carbocycles. The second-order valence-corrected chi connectivity index (χ2v) is 1.92. The molecule has 0 saturated heterocycles. The minimum Gasteiger partial charge on any atom is -0.848 e. The molecule has 13 heavy (non-hydrogen) atoms. The molecule has 0 aliphatic rings. The molecular weight excluding hydrogens is 233 g/mol. The summed E-state index contributed by atoms with van der Waals surface area (Å²) in [7, 11) is 0. The molecule has 7 heteroatoms. The predicted molar refractivity (Wildman–Crippen MR) is 28.9 cm³/mol. The van der Waals surface area contributed by atoms with Crippen molar-refractivity contribution in [3.05, 3.63) is 0 Å². The topological polar surface area (TPSA) is 126 Å². The Balaban J connectivity index is -0.000000143. The van der Waals surface area contributed by atoms with Crippen molar-refractivity contribution >= 4 is 11.9 Å². The van der Waals surface area contributed by atoms with Gasteiger partial charge >= 0.3 is 0 Å². The molecule has 0 aromatic carbocycles. The van der Waals surface area contributed by atoms with Gasteiger partial charge in [-0.15, -0.1) is 0 Å². The van der Waals surface area contributed by atoms with E-state index in [1.807, 2.05) is 0 Å². The Bertz CT molecular complexity index is 137. The molecule has 2 atom stereocenters. The van der Waals surface area contributed by atoms with Gasteiger partial charge in [0.15, 0.2) is 0 Å². The van der Waals surface area contributed by atoms with Crippen LogP contribution in [0.4, 0.5) is 0 Å². The maximum Gasteiger partial charge on any atom is 0.0276 e. The van der Waals surface area contributed by atoms with E-state index >= 15 is 0 Å². The third-order valence-electron chi connectivity index (χ3n) is 0.664. The zero-order valence-corrected chi connectivity index (χ0v) is 10.3. The number of carboxylic acids is 2. The molecule has 0 aliphatic heterocycles. The van der Waals surface area contributed by atoms with Crippen molar-refractivity contribution in [2.75, 3.05) is 0 Å². The zero-order chi connectivity index (χ0) is 10.3. The Labute approximate surface area is 88.0 Å². The van der Waals surface area contributed by atoms with E-state index in [1.54, 1.807) is 0 Å². The average molecular weight is 242 g/mol.